The molecule has 0 radical (unpaired) electrons. The Balaban J connectivity index is 0.000000592. The Morgan fingerprint density at radius 1 is 1.19 bits per heavy atom. The van der Waals surface area contributed by atoms with Crippen LogP contribution in [-0.2, 0) is 10.0 Å². The molecule has 0 unspecified atom stereocenters. The van der Waals surface area contributed by atoms with Crippen molar-refractivity contribution in [3.63, 3.8) is 0 Å². The van der Waals surface area contributed by atoms with E-state index in [1.54, 1.807) is 32.2 Å². The lowest BCUT2D eigenvalue weighted by molar-refractivity contribution is 0.281. The van der Waals surface area contributed by atoms with Gasteiger partial charge in [-0.15, -0.1) is 0 Å². The number of unbranched alkanes of at least 4 members (excludes halogenated alkanes) is 4. The van der Waals surface area contributed by atoms with E-state index in [-0.39, 0.29) is 23.5 Å². The first kappa shape index (κ1) is 27.3. The third-order valence-corrected chi connectivity index (χ3v) is 5.99. The Bertz CT molecular complexity index is 921. The van der Waals surface area contributed by atoms with E-state index in [1.165, 1.54) is 38.2 Å². The Kier molecular flexibility index (Phi) is 12.0. The number of sulfonamides is 1. The van der Waals surface area contributed by atoms with Gasteiger partial charge in [0.25, 0.3) is 0 Å². The molecule has 0 bridgehead atoms. The minimum absolute atomic E-state index is 0.0388. The van der Waals surface area contributed by atoms with Gasteiger partial charge in [0.1, 0.15) is 5.82 Å². The molecule has 2 aromatic rings. The number of benzene rings is 1. The van der Waals surface area contributed by atoms with Crippen LogP contribution in [0.15, 0.2) is 33.8 Å². The van der Waals surface area contributed by atoms with E-state index in [0.29, 0.717) is 21.5 Å². The predicted octanol–water partition coefficient (Wildman–Crippen LogP) is 4.71. The van der Waals surface area contributed by atoms with Gasteiger partial charge in [-0.05, 0) is 47.5 Å². The molecule has 5 N–H and O–H groups in total. The van der Waals surface area contributed by atoms with E-state index in [9.17, 15) is 8.42 Å². The fraction of sp³-hybridized carbons (Fsp3) is 0.524. The van der Waals surface area contributed by atoms with Gasteiger partial charge in [-0.25, -0.2) is 18.5 Å². The number of hydrogen-bond donors (Lipinski definition) is 4. The molecule has 2 rings (SSSR count). The van der Waals surface area contributed by atoms with E-state index >= 15 is 0 Å². The predicted molar refractivity (Wildman–Crippen MR) is 130 cm³/mol. The average Bonchev–Trinajstić information content (AvgIpc) is 2.72. The van der Waals surface area contributed by atoms with Crippen LogP contribution in [-0.4, -0.2) is 36.1 Å². The Labute approximate surface area is 194 Å². The highest BCUT2D eigenvalue weighted by molar-refractivity contribution is 9.10. The van der Waals surface area contributed by atoms with Gasteiger partial charge in [-0.1, -0.05) is 52.0 Å². The fourth-order valence-electron chi connectivity index (χ4n) is 2.60. The Morgan fingerprint density at radius 3 is 2.39 bits per heavy atom. The summed E-state index contributed by atoms with van der Waals surface area (Å²) in [5, 5.41) is 20.3. The number of aryl methyl sites for hydroxylation is 1. The molecule has 0 saturated carbocycles. The zero-order valence-electron chi connectivity index (χ0n) is 18.7. The number of rotatable bonds is 10. The molecule has 1 aromatic heterocycles. The molecule has 10 heteroatoms. The monoisotopic (exact) mass is 515 g/mol. The van der Waals surface area contributed by atoms with Gasteiger partial charge in [0, 0.05) is 17.9 Å². The number of aliphatic hydroxyl groups excluding tert-OH is 1. The van der Waals surface area contributed by atoms with Gasteiger partial charge in [-0.3, -0.25) is 0 Å². The van der Waals surface area contributed by atoms with Crippen molar-refractivity contribution in [2.24, 2.45) is 5.14 Å². The normalized spacial score (nSPS) is 12.0. The van der Waals surface area contributed by atoms with Crippen LogP contribution >= 0.6 is 15.9 Å². The summed E-state index contributed by atoms with van der Waals surface area (Å²) in [7, 11) is -3.81. The lowest BCUT2D eigenvalue weighted by Gasteiger charge is -2.14. The second-order valence-corrected chi connectivity index (χ2v) is 9.71. The highest BCUT2D eigenvalue weighted by atomic mass is 79.9. The minimum Gasteiger partial charge on any atom is -0.394 e. The zero-order valence-corrected chi connectivity index (χ0v) is 21.1. The van der Waals surface area contributed by atoms with Crippen LogP contribution in [0, 0.1) is 6.92 Å². The average molecular weight is 517 g/mol. The summed E-state index contributed by atoms with van der Waals surface area (Å²) in [6.45, 7) is 7.91. The molecular weight excluding hydrogens is 482 g/mol. The van der Waals surface area contributed by atoms with E-state index in [1.807, 2.05) is 0 Å². The lowest BCUT2D eigenvalue weighted by Crippen LogP contribution is -2.20. The molecule has 0 spiro atoms. The van der Waals surface area contributed by atoms with E-state index in [4.69, 9.17) is 10.2 Å². The molecule has 0 aliphatic rings. The molecule has 0 aliphatic carbocycles. The van der Waals surface area contributed by atoms with Gasteiger partial charge in [0.2, 0.25) is 16.0 Å². The maximum atomic E-state index is 11.6. The zero-order chi connectivity index (χ0) is 23.4. The largest absolute Gasteiger partial charge is 0.394 e. The number of halogens is 1. The molecule has 1 atom stereocenters. The quantitative estimate of drug-likeness (QED) is 0.337. The maximum Gasteiger partial charge on any atom is 0.238 e. The Hall–Kier alpha value is -1.75. The molecule has 1 aromatic carbocycles. The van der Waals surface area contributed by atoms with Crippen molar-refractivity contribution in [2.75, 3.05) is 17.2 Å². The molecule has 174 valence electrons. The summed E-state index contributed by atoms with van der Waals surface area (Å²) in [6.07, 6.45) is 8.56. The van der Waals surface area contributed by atoms with Crippen molar-refractivity contribution >= 4 is 43.4 Å². The number of nitrogens with two attached hydrogens (primary N) is 1. The molecule has 8 nitrogen and oxygen atoms in total. The van der Waals surface area contributed by atoms with Crippen LogP contribution in [0.25, 0.3) is 0 Å². The van der Waals surface area contributed by atoms with E-state index in [2.05, 4.69) is 50.4 Å². The molecule has 0 fully saturated rings. The second kappa shape index (κ2) is 13.6. The van der Waals surface area contributed by atoms with Gasteiger partial charge in [-0.2, -0.15) is 4.98 Å². The van der Waals surface area contributed by atoms with Gasteiger partial charge in [0.15, 0.2) is 0 Å². The van der Waals surface area contributed by atoms with Crippen molar-refractivity contribution in [3.05, 3.63) is 34.4 Å². The molecule has 1 heterocycles. The van der Waals surface area contributed by atoms with Crippen molar-refractivity contribution in [1.82, 2.24) is 9.97 Å². The Morgan fingerprint density at radius 2 is 1.84 bits per heavy atom. The fourth-order valence-corrected chi connectivity index (χ4v) is 3.71. The number of aromatic nitrogens is 2. The lowest BCUT2D eigenvalue weighted by atomic mass is 10.2. The molecule has 0 amide bonds. The molecule has 31 heavy (non-hydrogen) atoms. The maximum absolute atomic E-state index is 11.6. The third-order valence-electron chi connectivity index (χ3n) is 4.36. The first-order valence-corrected chi connectivity index (χ1v) is 12.8. The van der Waals surface area contributed by atoms with Gasteiger partial charge >= 0.3 is 0 Å². The van der Waals surface area contributed by atoms with Gasteiger partial charge in [0.05, 0.1) is 16.0 Å². The van der Waals surface area contributed by atoms with Crippen LogP contribution in [0.1, 0.15) is 58.4 Å². The number of hydrogen-bond acceptors (Lipinski definition) is 7. The number of aliphatic hydroxyl groups is 1. The number of primary sulfonamides is 1. The summed E-state index contributed by atoms with van der Waals surface area (Å²) in [4.78, 5) is 8.47. The van der Waals surface area contributed by atoms with Crippen LogP contribution in [0.5, 0.6) is 0 Å². The molecular formula is C21H34BrN5O3S. The topological polar surface area (TPSA) is 130 Å². The SMILES string of the molecule is CCCCCCC.Cc1ccc(Nc2ncc(Br)c(N[C@H](C)CO)n2)cc1S(N)(=O)=O. The minimum atomic E-state index is -3.81. The van der Waals surface area contributed by atoms with E-state index < -0.39 is 10.0 Å². The number of anilines is 3. The van der Waals surface area contributed by atoms with Crippen LogP contribution in [0.4, 0.5) is 17.5 Å². The van der Waals surface area contributed by atoms with Gasteiger partial charge < -0.3 is 15.7 Å². The number of nitrogens with one attached hydrogen (secondary N) is 2. The highest BCUT2D eigenvalue weighted by Crippen LogP contribution is 2.24. The third kappa shape index (κ3) is 9.94. The first-order chi connectivity index (χ1) is 14.6. The van der Waals surface area contributed by atoms with Crippen molar-refractivity contribution in [1.29, 1.82) is 0 Å². The molecule has 0 saturated heterocycles. The smallest absolute Gasteiger partial charge is 0.238 e. The number of nitrogens with zero attached hydrogens (tertiary/aromatic N) is 2. The summed E-state index contributed by atoms with van der Waals surface area (Å²) < 4.78 is 23.8. The van der Waals surface area contributed by atoms with Crippen LogP contribution in [0.2, 0.25) is 0 Å². The van der Waals surface area contributed by atoms with Crippen molar-refractivity contribution < 1.29 is 13.5 Å². The van der Waals surface area contributed by atoms with Crippen LogP contribution in [0.3, 0.4) is 0 Å². The summed E-state index contributed by atoms with van der Waals surface area (Å²) in [6, 6.07) is 4.60. The summed E-state index contributed by atoms with van der Waals surface area (Å²) in [5.74, 6) is 0.780. The highest BCUT2D eigenvalue weighted by Gasteiger charge is 2.13. The van der Waals surface area contributed by atoms with E-state index in [0.717, 1.165) is 0 Å². The van der Waals surface area contributed by atoms with Crippen molar-refractivity contribution in [2.45, 2.75) is 70.7 Å². The summed E-state index contributed by atoms with van der Waals surface area (Å²) in [5.41, 5.74) is 1.05. The summed E-state index contributed by atoms with van der Waals surface area (Å²) >= 11 is 3.33. The first-order valence-electron chi connectivity index (χ1n) is 10.4. The van der Waals surface area contributed by atoms with Crippen molar-refractivity contribution in [3.8, 4) is 0 Å². The molecule has 0 aliphatic heterocycles. The second-order valence-electron chi connectivity index (χ2n) is 7.33. The van der Waals surface area contributed by atoms with Crippen LogP contribution < -0.4 is 15.8 Å². The standard InChI is InChI=1S/C14H18BrN5O3S.C7H16/c1-8-3-4-10(5-12(8)24(16,22)23)19-14-17-6-11(15)13(20-14)18-9(2)7-21;1-3-5-7-6-4-2/h3-6,9,21H,7H2,1-2H3,(H2,16,22,23)(H2,17,18,19,20);3-7H2,1-2H3/t9-;/m1./s1.